The molecule has 43 heavy (non-hydrogen) atoms. The summed E-state index contributed by atoms with van der Waals surface area (Å²) in [7, 11) is 1.62. The van der Waals surface area contributed by atoms with E-state index in [2.05, 4.69) is 36.1 Å². The fourth-order valence-electron chi connectivity index (χ4n) is 4.34. The highest BCUT2D eigenvalue weighted by molar-refractivity contribution is 6.03. The van der Waals surface area contributed by atoms with Gasteiger partial charge in [-0.1, -0.05) is 32.3 Å². The normalized spacial score (nSPS) is 10.9. The molecule has 0 spiro atoms. The van der Waals surface area contributed by atoms with E-state index in [4.69, 9.17) is 23.5 Å². The summed E-state index contributed by atoms with van der Waals surface area (Å²) in [6.07, 6.45) is 2.83. The molecule has 0 atom stereocenters. The van der Waals surface area contributed by atoms with Crippen LogP contribution >= 0.6 is 0 Å². The molecule has 0 radical (unpaired) electrons. The van der Waals surface area contributed by atoms with E-state index in [1.165, 1.54) is 0 Å². The fourth-order valence-corrected chi connectivity index (χ4v) is 4.34. The van der Waals surface area contributed by atoms with E-state index in [9.17, 15) is 4.79 Å². The molecule has 228 valence electrons. The smallest absolute Gasteiger partial charge is 0.294 e. The maximum Gasteiger partial charge on any atom is 0.294 e. The Morgan fingerprint density at radius 2 is 1.47 bits per heavy atom. The molecule has 0 bridgehead atoms. The summed E-state index contributed by atoms with van der Waals surface area (Å²) in [6, 6.07) is 21.8. The number of carbonyl (C=O) groups is 1. The molecule has 0 aliphatic carbocycles. The van der Waals surface area contributed by atoms with Crippen molar-refractivity contribution in [1.29, 1.82) is 0 Å². The first kappa shape index (κ1) is 31.4. The molecule has 0 unspecified atom stereocenters. The Kier molecular flexibility index (Phi) is 11.9. The summed E-state index contributed by atoms with van der Waals surface area (Å²) in [5.41, 5.74) is 1.86. The Morgan fingerprint density at radius 1 is 0.814 bits per heavy atom. The van der Waals surface area contributed by atoms with Gasteiger partial charge >= 0.3 is 0 Å². The van der Waals surface area contributed by atoms with Gasteiger partial charge in [0.2, 0.25) is 5.76 Å². The zero-order valence-electron chi connectivity index (χ0n) is 25.4. The molecular formula is C34H41N3O6. The van der Waals surface area contributed by atoms with Crippen LogP contribution in [-0.4, -0.2) is 55.9 Å². The van der Waals surface area contributed by atoms with Crippen LogP contribution in [0.25, 0.3) is 11.3 Å². The summed E-state index contributed by atoms with van der Waals surface area (Å²) in [5, 5.41) is 7.00. The lowest BCUT2D eigenvalue weighted by atomic mass is 10.1. The van der Waals surface area contributed by atoms with Crippen LogP contribution in [0.1, 0.15) is 50.6 Å². The number of aromatic nitrogens is 1. The second-order valence-corrected chi connectivity index (χ2v) is 9.92. The van der Waals surface area contributed by atoms with Crippen molar-refractivity contribution in [1.82, 2.24) is 10.1 Å². The number of anilines is 1. The second kappa shape index (κ2) is 16.2. The second-order valence-electron chi connectivity index (χ2n) is 9.92. The van der Waals surface area contributed by atoms with Gasteiger partial charge in [0.15, 0.2) is 0 Å². The summed E-state index contributed by atoms with van der Waals surface area (Å²) in [6.45, 7) is 10.6. The number of nitrogens with zero attached hydrogens (tertiary/aromatic N) is 2. The van der Waals surface area contributed by atoms with Crippen molar-refractivity contribution in [3.05, 3.63) is 78.6 Å². The van der Waals surface area contributed by atoms with Gasteiger partial charge in [0.1, 0.15) is 34.4 Å². The first-order valence-electron chi connectivity index (χ1n) is 14.8. The van der Waals surface area contributed by atoms with Gasteiger partial charge in [-0.15, -0.1) is 0 Å². The fraction of sp³-hybridized carbons (Fsp3) is 0.353. The minimum absolute atomic E-state index is 0.0878. The lowest BCUT2D eigenvalue weighted by Gasteiger charge is -2.18. The van der Waals surface area contributed by atoms with Gasteiger partial charge in [-0.25, -0.2) is 0 Å². The highest BCUT2D eigenvalue weighted by atomic mass is 16.5. The van der Waals surface area contributed by atoms with Crippen LogP contribution in [0.2, 0.25) is 0 Å². The van der Waals surface area contributed by atoms with Gasteiger partial charge in [0.25, 0.3) is 5.91 Å². The number of hydrogen-bond acceptors (Lipinski definition) is 8. The van der Waals surface area contributed by atoms with Crippen LogP contribution in [0.5, 0.6) is 28.7 Å². The topological polar surface area (TPSA) is 95.3 Å². The molecule has 0 aliphatic heterocycles. The van der Waals surface area contributed by atoms with E-state index >= 15 is 0 Å². The van der Waals surface area contributed by atoms with Gasteiger partial charge in [-0.2, -0.15) is 0 Å². The van der Waals surface area contributed by atoms with Gasteiger partial charge in [-0.3, -0.25) is 4.79 Å². The van der Waals surface area contributed by atoms with Gasteiger partial charge in [0.05, 0.1) is 26.0 Å². The number of ether oxygens (including phenoxy) is 4. The summed E-state index contributed by atoms with van der Waals surface area (Å²) >= 11 is 0. The minimum Gasteiger partial charge on any atom is -0.497 e. The average molecular weight is 588 g/mol. The lowest BCUT2D eigenvalue weighted by Crippen LogP contribution is -2.25. The SMILES string of the molecule is CCCCOc1cc(OCCCN(CC)CC)ccc1NC(=O)c1cc(-c2ccc(Oc3ccc(OC)cc3)cc2)no1. The summed E-state index contributed by atoms with van der Waals surface area (Å²) < 4.78 is 28.5. The van der Waals surface area contributed by atoms with Crippen LogP contribution in [0.15, 0.2) is 77.3 Å². The predicted octanol–water partition coefficient (Wildman–Crippen LogP) is 7.68. The number of carbonyl (C=O) groups excluding carboxylic acids is 1. The van der Waals surface area contributed by atoms with E-state index < -0.39 is 5.91 Å². The van der Waals surface area contributed by atoms with Crippen molar-refractivity contribution >= 4 is 11.6 Å². The largest absolute Gasteiger partial charge is 0.497 e. The number of nitrogens with one attached hydrogen (secondary N) is 1. The van der Waals surface area contributed by atoms with E-state index in [0.717, 1.165) is 50.2 Å². The molecule has 4 aromatic rings. The maximum atomic E-state index is 13.1. The van der Waals surface area contributed by atoms with E-state index in [1.807, 2.05) is 60.7 Å². The van der Waals surface area contributed by atoms with Crippen molar-refractivity contribution in [2.24, 2.45) is 0 Å². The van der Waals surface area contributed by atoms with Crippen LogP contribution in [0.3, 0.4) is 0 Å². The number of methoxy groups -OCH3 is 1. The van der Waals surface area contributed by atoms with Crippen molar-refractivity contribution in [2.45, 2.75) is 40.0 Å². The third kappa shape index (κ3) is 9.24. The summed E-state index contributed by atoms with van der Waals surface area (Å²) in [4.78, 5) is 15.5. The predicted molar refractivity (Wildman–Crippen MR) is 168 cm³/mol. The lowest BCUT2D eigenvalue weighted by molar-refractivity contribution is 0.0987. The Bertz CT molecular complexity index is 1420. The van der Waals surface area contributed by atoms with Crippen LogP contribution in [0.4, 0.5) is 5.69 Å². The number of amides is 1. The first-order chi connectivity index (χ1) is 21.0. The monoisotopic (exact) mass is 587 g/mol. The van der Waals surface area contributed by atoms with E-state index in [0.29, 0.717) is 47.6 Å². The molecule has 1 N–H and O–H groups in total. The van der Waals surface area contributed by atoms with E-state index in [1.54, 1.807) is 19.2 Å². The number of hydrogen-bond donors (Lipinski definition) is 1. The molecule has 0 aliphatic rings. The Morgan fingerprint density at radius 3 is 2.14 bits per heavy atom. The molecule has 1 amide bonds. The standard InChI is InChI=1S/C34H41N3O6/c1-5-8-21-41-32-23-29(40-22-9-20-37(6-2)7-3)18-19-30(32)35-34(38)33-24-31(36-43-33)25-10-12-27(13-11-25)42-28-16-14-26(39-4)15-17-28/h10-19,23-24H,5-9,20-22H2,1-4H3,(H,35,38). The molecule has 0 saturated heterocycles. The molecule has 1 heterocycles. The molecule has 0 saturated carbocycles. The van der Waals surface area contributed by atoms with Crippen molar-refractivity contribution in [2.75, 3.05) is 45.3 Å². The number of unbranched alkanes of at least 4 members (excludes halogenated alkanes) is 1. The van der Waals surface area contributed by atoms with Crippen molar-refractivity contribution in [3.8, 4) is 40.0 Å². The molecule has 0 fully saturated rings. The van der Waals surface area contributed by atoms with Crippen molar-refractivity contribution in [3.63, 3.8) is 0 Å². The molecule has 9 heteroatoms. The Balaban J connectivity index is 1.38. The third-order valence-corrected chi connectivity index (χ3v) is 6.92. The Hall–Kier alpha value is -4.50. The Labute approximate surface area is 253 Å². The average Bonchev–Trinajstić information content (AvgIpc) is 3.54. The molecule has 3 aromatic carbocycles. The maximum absolute atomic E-state index is 13.1. The quantitative estimate of drug-likeness (QED) is 0.126. The summed E-state index contributed by atoms with van der Waals surface area (Å²) in [5.74, 6) is 3.04. The molecular weight excluding hydrogens is 546 g/mol. The zero-order chi connectivity index (χ0) is 30.4. The molecule has 9 nitrogen and oxygen atoms in total. The first-order valence-corrected chi connectivity index (χ1v) is 14.8. The van der Waals surface area contributed by atoms with Gasteiger partial charge in [0, 0.05) is 24.2 Å². The number of rotatable bonds is 17. The van der Waals surface area contributed by atoms with Crippen LogP contribution < -0.4 is 24.3 Å². The highest BCUT2D eigenvalue weighted by Gasteiger charge is 2.17. The van der Waals surface area contributed by atoms with Crippen LogP contribution in [0, 0.1) is 0 Å². The highest BCUT2D eigenvalue weighted by Crippen LogP contribution is 2.31. The minimum atomic E-state index is -0.425. The number of benzene rings is 3. The van der Waals surface area contributed by atoms with Gasteiger partial charge < -0.3 is 33.7 Å². The van der Waals surface area contributed by atoms with Crippen LogP contribution in [-0.2, 0) is 0 Å². The molecule has 1 aromatic heterocycles. The third-order valence-electron chi connectivity index (χ3n) is 6.92. The van der Waals surface area contributed by atoms with E-state index in [-0.39, 0.29) is 5.76 Å². The van der Waals surface area contributed by atoms with Gasteiger partial charge in [-0.05, 0) is 86.6 Å². The molecule has 4 rings (SSSR count). The van der Waals surface area contributed by atoms with Crippen molar-refractivity contribution < 1.29 is 28.3 Å². The zero-order valence-corrected chi connectivity index (χ0v) is 25.4.